The summed E-state index contributed by atoms with van der Waals surface area (Å²) < 4.78 is 39.3. The van der Waals surface area contributed by atoms with E-state index in [1.165, 1.54) is 16.8 Å². The van der Waals surface area contributed by atoms with Crippen LogP contribution in [-0.2, 0) is 17.0 Å². The van der Waals surface area contributed by atoms with Crippen LogP contribution in [0.4, 0.5) is 10.1 Å². The molecule has 0 spiro atoms. The summed E-state index contributed by atoms with van der Waals surface area (Å²) in [5, 5.41) is 11.5. The van der Waals surface area contributed by atoms with Crippen molar-refractivity contribution >= 4 is 27.6 Å². The summed E-state index contributed by atoms with van der Waals surface area (Å²) in [7, 11) is -1.73. The highest BCUT2D eigenvalue weighted by Crippen LogP contribution is 2.29. The zero-order chi connectivity index (χ0) is 21.3. The molecule has 2 aromatic rings. The van der Waals surface area contributed by atoms with Crippen molar-refractivity contribution in [2.75, 3.05) is 5.32 Å². The number of fused-ring (bicyclic) bond motifs is 1. The van der Waals surface area contributed by atoms with Crippen molar-refractivity contribution in [1.82, 2.24) is 14.3 Å². The van der Waals surface area contributed by atoms with Crippen LogP contribution in [-0.4, -0.2) is 25.7 Å². The molecule has 0 aliphatic carbocycles. The number of aromatic nitrogens is 2. The number of amides is 1. The maximum atomic E-state index is 13.6. The summed E-state index contributed by atoms with van der Waals surface area (Å²) in [6.07, 6.45) is 5.83. The first kappa shape index (κ1) is 20.7. The number of anilines is 1. The molecule has 29 heavy (non-hydrogen) atoms. The third-order valence-electron chi connectivity index (χ3n) is 4.90. The van der Waals surface area contributed by atoms with Gasteiger partial charge in [-0.15, -0.1) is 0 Å². The molecule has 0 saturated heterocycles. The van der Waals surface area contributed by atoms with Crippen molar-refractivity contribution in [1.29, 1.82) is 10.0 Å². The smallest absolute Gasteiger partial charge is 0.272 e. The topological polar surface area (TPSA) is 124 Å². The molecule has 10 heteroatoms. The monoisotopic (exact) mass is 416 g/mol. The molecule has 3 rings (SSSR count). The van der Waals surface area contributed by atoms with Gasteiger partial charge in [0.1, 0.15) is 27.4 Å². The van der Waals surface area contributed by atoms with E-state index in [2.05, 4.69) is 15.0 Å². The van der Waals surface area contributed by atoms with Gasteiger partial charge in [0.05, 0.1) is 4.90 Å². The number of nitrogens with zero attached hydrogens (tertiary/aromatic N) is 3. The fourth-order valence-corrected chi connectivity index (χ4v) is 4.76. The number of carbonyl (C=O) groups is 1. The minimum atomic E-state index is -3.33. The van der Waals surface area contributed by atoms with Crippen molar-refractivity contribution in [3.63, 3.8) is 0 Å². The van der Waals surface area contributed by atoms with Gasteiger partial charge in [-0.2, -0.15) is 9.65 Å². The first-order chi connectivity index (χ1) is 13.7. The lowest BCUT2D eigenvalue weighted by atomic mass is 9.99. The molecule has 3 heterocycles. The number of carbonyl (C=O) groups excluding carboxylic acids is 1. The SMILES string of the molecule is CC[C@H](C)[C@@H]1C=Cc2c(cn(C)c2C(=O)Nc2cc(F)nc(C#N)c2)S(=N)(=O)N1. The van der Waals surface area contributed by atoms with E-state index in [-0.39, 0.29) is 33.9 Å². The molecule has 3 N–H and O–H groups in total. The molecule has 1 unspecified atom stereocenters. The maximum absolute atomic E-state index is 13.6. The first-order valence-electron chi connectivity index (χ1n) is 8.99. The highest BCUT2D eigenvalue weighted by molar-refractivity contribution is 7.90. The van der Waals surface area contributed by atoms with Crippen LogP contribution in [0.3, 0.4) is 0 Å². The number of halogens is 1. The van der Waals surface area contributed by atoms with Gasteiger partial charge in [-0.3, -0.25) is 4.79 Å². The highest BCUT2D eigenvalue weighted by atomic mass is 32.2. The number of hydrogen-bond donors (Lipinski definition) is 3. The predicted octanol–water partition coefficient (Wildman–Crippen LogP) is 3.03. The summed E-state index contributed by atoms with van der Waals surface area (Å²) in [5.41, 5.74) is 0.464. The Hall–Kier alpha value is -3.03. The van der Waals surface area contributed by atoms with Gasteiger partial charge in [-0.25, -0.2) is 18.7 Å². The van der Waals surface area contributed by atoms with Gasteiger partial charge in [-0.05, 0) is 12.0 Å². The van der Waals surface area contributed by atoms with Crippen LogP contribution in [0.2, 0.25) is 0 Å². The zero-order valence-corrected chi connectivity index (χ0v) is 17.0. The molecule has 0 bridgehead atoms. The van der Waals surface area contributed by atoms with E-state index in [1.807, 2.05) is 19.9 Å². The Morgan fingerprint density at radius 3 is 2.93 bits per heavy atom. The number of pyridine rings is 1. The van der Waals surface area contributed by atoms with Gasteiger partial charge >= 0.3 is 0 Å². The largest absolute Gasteiger partial charge is 0.345 e. The van der Waals surface area contributed by atoms with E-state index in [0.717, 1.165) is 12.5 Å². The Kier molecular flexibility index (Phi) is 5.55. The second-order valence-corrected chi connectivity index (χ2v) is 8.73. The molecule has 2 aromatic heterocycles. The average Bonchev–Trinajstić information content (AvgIpc) is 2.94. The molecular weight excluding hydrogens is 395 g/mol. The quantitative estimate of drug-likeness (QED) is 0.663. The summed E-state index contributed by atoms with van der Waals surface area (Å²) in [6, 6.07) is 3.72. The predicted molar refractivity (Wildman–Crippen MR) is 107 cm³/mol. The fraction of sp³-hybridized carbons (Fsp3) is 0.316. The van der Waals surface area contributed by atoms with Crippen molar-refractivity contribution in [3.05, 3.63) is 47.3 Å². The summed E-state index contributed by atoms with van der Waals surface area (Å²) in [5.74, 6) is -1.32. The lowest BCUT2D eigenvalue weighted by Crippen LogP contribution is -2.36. The van der Waals surface area contributed by atoms with Gasteiger partial charge in [0.25, 0.3) is 5.91 Å². The van der Waals surface area contributed by atoms with Crippen molar-refractivity contribution in [3.8, 4) is 6.07 Å². The summed E-state index contributed by atoms with van der Waals surface area (Å²) in [6.45, 7) is 4.00. The minimum absolute atomic E-state index is 0.0776. The standard InChI is InChI=1S/C19H21FN6O2S/c1-4-11(2)15-6-5-14-16(29(22,28)25-15)10-26(3)18(14)19(27)24-12-7-13(9-21)23-17(20)8-12/h5-8,10-11,15H,4H2,1-3H3,(H2,22,25,28)(H,23,24,27)/t11-,15-,29?/m0/s1. The molecule has 1 aliphatic rings. The molecular formula is C19H21FN6O2S. The fourth-order valence-electron chi connectivity index (χ4n) is 3.16. The molecule has 8 nitrogen and oxygen atoms in total. The number of rotatable bonds is 4. The number of nitriles is 1. The van der Waals surface area contributed by atoms with Crippen LogP contribution in [0.5, 0.6) is 0 Å². The Morgan fingerprint density at radius 2 is 2.28 bits per heavy atom. The Balaban J connectivity index is 2.03. The Labute approximate surface area is 168 Å². The van der Waals surface area contributed by atoms with E-state index in [9.17, 15) is 13.4 Å². The molecule has 0 saturated carbocycles. The molecule has 0 aromatic carbocycles. The molecule has 0 radical (unpaired) electrons. The van der Waals surface area contributed by atoms with Crippen molar-refractivity contribution in [2.24, 2.45) is 13.0 Å². The van der Waals surface area contributed by atoms with Crippen LogP contribution >= 0.6 is 0 Å². The Morgan fingerprint density at radius 1 is 1.55 bits per heavy atom. The Bertz CT molecular complexity index is 1150. The number of hydrogen-bond acceptors (Lipinski definition) is 5. The van der Waals surface area contributed by atoms with Crippen molar-refractivity contribution < 1.29 is 13.4 Å². The van der Waals surface area contributed by atoms with Crippen LogP contribution in [0.15, 0.2) is 29.3 Å². The average molecular weight is 416 g/mol. The van der Waals surface area contributed by atoms with Gasteiger partial charge in [0.2, 0.25) is 5.95 Å². The highest BCUT2D eigenvalue weighted by Gasteiger charge is 2.29. The third kappa shape index (κ3) is 4.06. The zero-order valence-electron chi connectivity index (χ0n) is 16.2. The van der Waals surface area contributed by atoms with Crippen LogP contribution in [0.1, 0.15) is 42.0 Å². The minimum Gasteiger partial charge on any atom is -0.345 e. The van der Waals surface area contributed by atoms with Crippen molar-refractivity contribution in [2.45, 2.75) is 31.2 Å². The third-order valence-corrected chi connectivity index (χ3v) is 6.45. The van der Waals surface area contributed by atoms with E-state index < -0.39 is 21.8 Å². The van der Waals surface area contributed by atoms with Gasteiger partial charge in [0.15, 0.2) is 0 Å². The van der Waals surface area contributed by atoms with E-state index in [4.69, 9.17) is 10.0 Å². The molecule has 152 valence electrons. The van der Waals surface area contributed by atoms with Crippen LogP contribution in [0, 0.1) is 28.0 Å². The molecule has 3 atom stereocenters. The van der Waals surface area contributed by atoms with E-state index in [1.54, 1.807) is 19.2 Å². The second-order valence-electron chi connectivity index (χ2n) is 6.94. The lowest BCUT2D eigenvalue weighted by molar-refractivity contribution is 0.101. The molecule has 1 amide bonds. The number of nitrogens with one attached hydrogen (secondary N) is 3. The van der Waals surface area contributed by atoms with Crippen LogP contribution < -0.4 is 10.0 Å². The first-order valence-corrected chi connectivity index (χ1v) is 10.5. The van der Waals surface area contributed by atoms with Gasteiger partial charge in [-0.1, -0.05) is 32.4 Å². The van der Waals surface area contributed by atoms with E-state index >= 15 is 0 Å². The van der Waals surface area contributed by atoms with Crippen LogP contribution in [0.25, 0.3) is 6.08 Å². The summed E-state index contributed by atoms with van der Waals surface area (Å²) in [4.78, 5) is 16.5. The normalized spacial score (nSPS) is 21.7. The maximum Gasteiger partial charge on any atom is 0.272 e. The van der Waals surface area contributed by atoms with Gasteiger partial charge < -0.3 is 9.88 Å². The van der Waals surface area contributed by atoms with E-state index in [0.29, 0.717) is 5.56 Å². The summed E-state index contributed by atoms with van der Waals surface area (Å²) >= 11 is 0. The second kappa shape index (κ2) is 7.77. The van der Waals surface area contributed by atoms with Gasteiger partial charge in [0, 0.05) is 36.6 Å². The lowest BCUT2D eigenvalue weighted by Gasteiger charge is -2.20. The number of aryl methyl sites for hydroxylation is 1. The molecule has 1 aliphatic heterocycles. The molecule has 0 fully saturated rings.